The maximum absolute atomic E-state index is 12.9. The monoisotopic (exact) mass is 568 g/mol. The molecule has 0 radical (unpaired) electrons. The second-order valence-electron chi connectivity index (χ2n) is 7.59. The van der Waals surface area contributed by atoms with Crippen LogP contribution in [0.4, 0.5) is 0 Å². The number of amides is 2. The van der Waals surface area contributed by atoms with E-state index in [2.05, 4.69) is 21.4 Å². The van der Waals surface area contributed by atoms with Crippen molar-refractivity contribution in [1.29, 1.82) is 0 Å². The molecule has 2 amide bonds. The molecule has 178 valence electrons. The van der Waals surface area contributed by atoms with Crippen molar-refractivity contribution in [3.05, 3.63) is 98.4 Å². The lowest BCUT2D eigenvalue weighted by Crippen LogP contribution is -2.44. The van der Waals surface area contributed by atoms with Crippen LogP contribution in [-0.4, -0.2) is 28.3 Å². The Morgan fingerprint density at radius 3 is 2.57 bits per heavy atom. The van der Waals surface area contributed by atoms with Crippen molar-refractivity contribution in [2.75, 3.05) is 7.11 Å². The predicted octanol–water partition coefficient (Wildman–Crippen LogP) is 5.89. The van der Waals surface area contributed by atoms with Crippen LogP contribution in [0.3, 0.4) is 0 Å². The van der Waals surface area contributed by atoms with Crippen molar-refractivity contribution >= 4 is 62.1 Å². The Labute approximate surface area is 221 Å². The summed E-state index contributed by atoms with van der Waals surface area (Å²) in [7, 11) is 1.57. The first-order valence-electron chi connectivity index (χ1n) is 10.6. The molecule has 3 aromatic carbocycles. The Bertz CT molecular complexity index is 1330. The summed E-state index contributed by atoms with van der Waals surface area (Å²) < 4.78 is 12.6. The third kappa shape index (κ3) is 5.93. The summed E-state index contributed by atoms with van der Waals surface area (Å²) in [5, 5.41) is 1.09. The van der Waals surface area contributed by atoms with Gasteiger partial charge in [-0.05, 0) is 78.3 Å². The highest BCUT2D eigenvalue weighted by molar-refractivity contribution is 9.10. The highest BCUT2D eigenvalue weighted by Gasteiger charge is 2.33. The summed E-state index contributed by atoms with van der Waals surface area (Å²) in [6.45, 7) is 2.45. The minimum Gasteiger partial charge on any atom is -0.493 e. The van der Waals surface area contributed by atoms with E-state index in [1.54, 1.807) is 49.6 Å². The summed E-state index contributed by atoms with van der Waals surface area (Å²) in [6, 6.07) is 20.3. The molecule has 1 saturated heterocycles. The molecule has 3 aromatic rings. The van der Waals surface area contributed by atoms with E-state index in [0.717, 1.165) is 37.9 Å². The van der Waals surface area contributed by atoms with E-state index < -0.39 is 11.8 Å². The molecule has 0 unspecified atom stereocenters. The van der Waals surface area contributed by atoms with Gasteiger partial charge in [-0.25, -0.2) is 0 Å². The largest absolute Gasteiger partial charge is 0.493 e. The van der Waals surface area contributed by atoms with Crippen molar-refractivity contribution in [1.82, 2.24) is 10.4 Å². The van der Waals surface area contributed by atoms with Crippen molar-refractivity contribution in [2.24, 2.45) is 0 Å². The van der Waals surface area contributed by atoms with Crippen molar-refractivity contribution in [2.45, 2.75) is 13.5 Å². The number of ether oxygens (including phenoxy) is 2. The second kappa shape index (κ2) is 11.1. The number of aryl methyl sites for hydroxylation is 1. The number of thiocarbonyl (C=S) groups is 1. The number of halogens is 1. The molecule has 0 aliphatic carbocycles. The Hall–Kier alpha value is -3.14. The van der Waals surface area contributed by atoms with Crippen molar-refractivity contribution < 1.29 is 19.1 Å². The minimum absolute atomic E-state index is 0.247. The van der Waals surface area contributed by atoms with Crippen LogP contribution < -0.4 is 14.9 Å². The second-order valence-corrected chi connectivity index (χ2v) is 10.2. The highest BCUT2D eigenvalue weighted by Crippen LogP contribution is 2.34. The molecule has 0 spiro atoms. The summed E-state index contributed by atoms with van der Waals surface area (Å²) in [6.07, 6.45) is 1.71. The van der Waals surface area contributed by atoms with E-state index in [0.29, 0.717) is 28.6 Å². The number of methoxy groups -OCH3 is 1. The lowest BCUT2D eigenvalue weighted by Gasteiger charge is -2.15. The van der Waals surface area contributed by atoms with Crippen LogP contribution >= 0.6 is 39.9 Å². The van der Waals surface area contributed by atoms with Crippen LogP contribution in [0, 0.1) is 6.92 Å². The molecule has 6 nitrogen and oxygen atoms in total. The SMILES string of the molecule is COc1cc(/C=C2\SC(=S)N(NC(=O)c3ccc(Br)cc3)C2=O)ccc1OCc1ccccc1C. The number of benzene rings is 3. The molecule has 0 saturated carbocycles. The molecule has 1 aliphatic rings. The first-order valence-corrected chi connectivity index (χ1v) is 12.6. The van der Waals surface area contributed by atoms with Gasteiger partial charge in [-0.2, -0.15) is 5.01 Å². The first kappa shape index (κ1) is 25.0. The molecule has 1 fully saturated rings. The van der Waals surface area contributed by atoms with Gasteiger partial charge in [-0.1, -0.05) is 58.0 Å². The smallest absolute Gasteiger partial charge is 0.285 e. The third-order valence-corrected chi connectivity index (χ3v) is 7.07. The molecule has 9 heteroatoms. The average Bonchev–Trinajstić information content (AvgIpc) is 3.11. The van der Waals surface area contributed by atoms with Crippen LogP contribution in [0.1, 0.15) is 27.0 Å². The number of hydrogen-bond donors (Lipinski definition) is 1. The Kier molecular flexibility index (Phi) is 7.90. The molecule has 4 rings (SSSR count). The maximum atomic E-state index is 12.9. The Morgan fingerprint density at radius 2 is 1.86 bits per heavy atom. The quantitative estimate of drug-likeness (QED) is 0.283. The van der Waals surface area contributed by atoms with E-state index in [4.69, 9.17) is 21.7 Å². The zero-order valence-electron chi connectivity index (χ0n) is 18.9. The Balaban J connectivity index is 1.47. The molecule has 0 bridgehead atoms. The van der Waals surface area contributed by atoms with E-state index in [1.807, 2.05) is 37.3 Å². The molecule has 0 atom stereocenters. The van der Waals surface area contributed by atoms with E-state index in [1.165, 1.54) is 0 Å². The highest BCUT2D eigenvalue weighted by atomic mass is 79.9. The van der Waals surface area contributed by atoms with Gasteiger partial charge in [0.25, 0.3) is 11.8 Å². The number of carbonyl (C=O) groups excluding carboxylic acids is 2. The van der Waals surface area contributed by atoms with Gasteiger partial charge in [0, 0.05) is 10.0 Å². The summed E-state index contributed by atoms with van der Waals surface area (Å²) in [4.78, 5) is 25.9. The zero-order chi connectivity index (χ0) is 24.9. The number of nitrogens with one attached hydrogen (secondary N) is 1. The molecule has 0 aromatic heterocycles. The van der Waals surface area contributed by atoms with Gasteiger partial charge in [-0.15, -0.1) is 0 Å². The van der Waals surface area contributed by atoms with E-state index >= 15 is 0 Å². The van der Waals surface area contributed by atoms with E-state index in [-0.39, 0.29) is 4.32 Å². The van der Waals surface area contributed by atoms with Gasteiger partial charge in [0.2, 0.25) is 0 Å². The summed E-state index contributed by atoms with van der Waals surface area (Å²) >= 11 is 9.77. The molecule has 35 heavy (non-hydrogen) atoms. The van der Waals surface area contributed by atoms with E-state index in [9.17, 15) is 9.59 Å². The standard InChI is InChI=1S/C26H21BrN2O4S2/c1-16-5-3-4-6-19(16)15-33-21-12-7-17(13-22(21)32-2)14-23-25(31)29(26(34)35-23)28-24(30)18-8-10-20(27)11-9-18/h3-14H,15H2,1-2H3,(H,28,30)/b23-14-. The van der Waals surface area contributed by atoms with Crippen molar-refractivity contribution in [3.63, 3.8) is 0 Å². The van der Waals surface area contributed by atoms with Gasteiger partial charge in [0.05, 0.1) is 12.0 Å². The number of hydrazine groups is 1. The molecular formula is C26H21BrN2O4S2. The fourth-order valence-corrected chi connectivity index (χ4v) is 4.75. The Morgan fingerprint density at radius 1 is 1.11 bits per heavy atom. The lowest BCUT2D eigenvalue weighted by molar-refractivity contribution is -0.123. The van der Waals surface area contributed by atoms with Crippen LogP contribution in [0.5, 0.6) is 11.5 Å². The number of carbonyl (C=O) groups is 2. The van der Waals surface area contributed by atoms with Crippen LogP contribution in [0.25, 0.3) is 6.08 Å². The lowest BCUT2D eigenvalue weighted by atomic mass is 10.1. The van der Waals surface area contributed by atoms with Crippen molar-refractivity contribution in [3.8, 4) is 11.5 Å². The minimum atomic E-state index is -0.424. The normalized spacial score (nSPS) is 14.4. The predicted molar refractivity (Wildman–Crippen MR) is 145 cm³/mol. The number of nitrogens with zero attached hydrogens (tertiary/aromatic N) is 1. The molecule has 1 heterocycles. The van der Waals surface area contributed by atoms with Gasteiger partial charge in [-0.3, -0.25) is 15.0 Å². The van der Waals surface area contributed by atoms with Gasteiger partial charge in [0.1, 0.15) is 6.61 Å². The first-order chi connectivity index (χ1) is 16.9. The van der Waals surface area contributed by atoms with Gasteiger partial charge >= 0.3 is 0 Å². The summed E-state index contributed by atoms with van der Waals surface area (Å²) in [5.74, 6) is 0.324. The molecular weight excluding hydrogens is 548 g/mol. The molecule has 1 aliphatic heterocycles. The fraction of sp³-hybridized carbons (Fsp3) is 0.115. The third-order valence-electron chi connectivity index (χ3n) is 5.24. The molecule has 1 N–H and O–H groups in total. The fourth-order valence-electron chi connectivity index (χ4n) is 3.30. The average molecular weight is 570 g/mol. The van der Waals surface area contributed by atoms with Crippen LogP contribution in [0.15, 0.2) is 76.1 Å². The van der Waals surface area contributed by atoms with Gasteiger partial charge < -0.3 is 9.47 Å². The van der Waals surface area contributed by atoms with Gasteiger partial charge in [0.15, 0.2) is 15.8 Å². The number of thioether (sulfide) groups is 1. The zero-order valence-corrected chi connectivity index (χ0v) is 22.1. The van der Waals surface area contributed by atoms with Crippen LogP contribution in [0.2, 0.25) is 0 Å². The topological polar surface area (TPSA) is 67.9 Å². The van der Waals surface area contributed by atoms with Crippen LogP contribution in [-0.2, 0) is 11.4 Å². The summed E-state index contributed by atoms with van der Waals surface area (Å²) in [5.41, 5.74) is 5.98. The number of rotatable bonds is 7. The number of hydrogen-bond acceptors (Lipinski definition) is 6. The maximum Gasteiger partial charge on any atom is 0.285 e.